The summed E-state index contributed by atoms with van der Waals surface area (Å²) in [4.78, 5) is 14.2. The smallest absolute Gasteiger partial charge is 0.299 e. The summed E-state index contributed by atoms with van der Waals surface area (Å²) in [5.74, 6) is 0.0853. The molecule has 0 saturated heterocycles. The Morgan fingerprint density at radius 3 is 2.36 bits per heavy atom. The van der Waals surface area contributed by atoms with Crippen molar-refractivity contribution in [2.24, 2.45) is 0 Å². The molecule has 1 fully saturated rings. The molecule has 2 nitrogen and oxygen atoms in total. The molecule has 0 heterocycles. The zero-order valence-electron chi connectivity index (χ0n) is 13.2. The van der Waals surface area contributed by atoms with Crippen molar-refractivity contribution in [3.8, 4) is 0 Å². The number of hydrogen-bond acceptors (Lipinski definition) is 2. The predicted octanol–water partition coefficient (Wildman–Crippen LogP) is 4.04. The van der Waals surface area contributed by atoms with Gasteiger partial charge in [-0.1, -0.05) is 31.5 Å². The largest absolute Gasteiger partial charge is 0.416 e. The quantitative estimate of drug-likeness (QED) is 0.818. The highest BCUT2D eigenvalue weighted by molar-refractivity contribution is 5.86. The maximum Gasteiger partial charge on any atom is 0.416 e. The lowest BCUT2D eigenvalue weighted by atomic mass is 9.58. The third-order valence-electron chi connectivity index (χ3n) is 4.70. The van der Waals surface area contributed by atoms with Crippen LogP contribution in [-0.4, -0.2) is 30.8 Å². The van der Waals surface area contributed by atoms with E-state index in [0.717, 1.165) is 25.3 Å². The van der Waals surface area contributed by atoms with Crippen LogP contribution in [0, 0.1) is 0 Å². The van der Waals surface area contributed by atoms with Gasteiger partial charge in [0.2, 0.25) is 0 Å². The molecular formula is C17H22F3NO. The molecule has 1 aliphatic rings. The fraction of sp³-hybridized carbons (Fsp3) is 0.588. The first-order valence-electron chi connectivity index (χ1n) is 7.59. The van der Waals surface area contributed by atoms with Crippen molar-refractivity contribution in [2.45, 2.75) is 50.2 Å². The first-order valence-corrected chi connectivity index (χ1v) is 7.59. The van der Waals surface area contributed by atoms with Crippen molar-refractivity contribution >= 4 is 5.78 Å². The number of rotatable bonds is 5. The van der Waals surface area contributed by atoms with Crippen molar-refractivity contribution < 1.29 is 18.0 Å². The average Bonchev–Trinajstić information content (AvgIpc) is 2.40. The highest BCUT2D eigenvalue weighted by atomic mass is 19.4. The second-order valence-corrected chi connectivity index (χ2v) is 6.27. The van der Waals surface area contributed by atoms with E-state index >= 15 is 0 Å². The standard InChI is InChI=1S/C17H22F3NO/c1-4-14(22)15(21(2)3)16(9-6-10-16)12-7-5-8-13(11-12)17(18,19)20/h5,7-8,11,15H,4,6,9-10H2,1-3H3. The summed E-state index contributed by atoms with van der Waals surface area (Å²) in [6.45, 7) is 1.80. The number of carbonyl (C=O) groups excluding carboxylic acids is 1. The fourth-order valence-corrected chi connectivity index (χ4v) is 3.57. The Morgan fingerprint density at radius 2 is 1.95 bits per heavy atom. The van der Waals surface area contributed by atoms with Crippen molar-refractivity contribution in [2.75, 3.05) is 14.1 Å². The van der Waals surface area contributed by atoms with Gasteiger partial charge in [-0.3, -0.25) is 9.69 Å². The maximum atomic E-state index is 13.0. The molecule has 1 saturated carbocycles. The van der Waals surface area contributed by atoms with Gasteiger partial charge in [-0.15, -0.1) is 0 Å². The normalized spacial score (nSPS) is 18.9. The van der Waals surface area contributed by atoms with Gasteiger partial charge in [0.05, 0.1) is 11.6 Å². The molecule has 5 heteroatoms. The Balaban J connectivity index is 2.48. The van der Waals surface area contributed by atoms with Crippen LogP contribution in [0.4, 0.5) is 13.2 Å². The molecule has 2 rings (SSSR count). The van der Waals surface area contributed by atoms with E-state index < -0.39 is 17.2 Å². The Bertz CT molecular complexity index is 547. The highest BCUT2D eigenvalue weighted by Gasteiger charge is 2.49. The van der Waals surface area contributed by atoms with Gasteiger partial charge in [0.25, 0.3) is 0 Å². The van der Waals surface area contributed by atoms with Crippen molar-refractivity contribution in [1.82, 2.24) is 4.90 Å². The van der Waals surface area contributed by atoms with Crippen LogP contribution in [0.15, 0.2) is 24.3 Å². The van der Waals surface area contributed by atoms with Crippen LogP contribution in [-0.2, 0) is 16.4 Å². The first kappa shape index (κ1) is 17.0. The number of carbonyl (C=O) groups is 1. The predicted molar refractivity (Wildman–Crippen MR) is 79.7 cm³/mol. The minimum atomic E-state index is -4.36. The summed E-state index contributed by atoms with van der Waals surface area (Å²) in [6.07, 6.45) is -1.52. The van der Waals surface area contributed by atoms with Gasteiger partial charge in [0.15, 0.2) is 5.78 Å². The van der Waals surface area contributed by atoms with Crippen LogP contribution in [0.2, 0.25) is 0 Å². The summed E-state index contributed by atoms with van der Waals surface area (Å²) in [5.41, 5.74) is -0.496. The summed E-state index contributed by atoms with van der Waals surface area (Å²) in [6, 6.07) is 5.12. The average molecular weight is 313 g/mol. The third kappa shape index (κ3) is 2.91. The van der Waals surface area contributed by atoms with Crippen LogP contribution in [0.3, 0.4) is 0 Å². The van der Waals surface area contributed by atoms with Gasteiger partial charge in [-0.05, 0) is 38.6 Å². The lowest BCUT2D eigenvalue weighted by molar-refractivity contribution is -0.137. The zero-order chi connectivity index (χ0) is 16.5. The number of halogens is 3. The molecule has 1 atom stereocenters. The third-order valence-corrected chi connectivity index (χ3v) is 4.70. The van der Waals surface area contributed by atoms with Gasteiger partial charge >= 0.3 is 6.18 Å². The molecule has 122 valence electrons. The van der Waals surface area contributed by atoms with E-state index in [9.17, 15) is 18.0 Å². The summed E-state index contributed by atoms with van der Waals surface area (Å²) in [7, 11) is 3.65. The molecule has 1 unspecified atom stereocenters. The molecule has 1 aromatic rings. The molecule has 0 amide bonds. The topological polar surface area (TPSA) is 20.3 Å². The van der Waals surface area contributed by atoms with Gasteiger partial charge in [-0.2, -0.15) is 13.2 Å². The van der Waals surface area contributed by atoms with Gasteiger partial charge < -0.3 is 0 Å². The first-order chi connectivity index (χ1) is 10.2. The van der Waals surface area contributed by atoms with E-state index in [4.69, 9.17) is 0 Å². The molecule has 22 heavy (non-hydrogen) atoms. The Hall–Kier alpha value is -1.36. The number of alkyl halides is 3. The fourth-order valence-electron chi connectivity index (χ4n) is 3.57. The number of Topliss-reactive ketones (excluding diaryl/α,β-unsaturated/α-hetero) is 1. The molecule has 0 aliphatic heterocycles. The van der Waals surface area contributed by atoms with Crippen LogP contribution < -0.4 is 0 Å². The van der Waals surface area contributed by atoms with E-state index in [1.165, 1.54) is 12.1 Å². The lowest BCUT2D eigenvalue weighted by Gasteiger charge is -2.50. The van der Waals surface area contributed by atoms with Crippen LogP contribution in [0.25, 0.3) is 0 Å². The molecule has 1 aliphatic carbocycles. The van der Waals surface area contributed by atoms with Crippen LogP contribution >= 0.6 is 0 Å². The van der Waals surface area contributed by atoms with E-state index in [2.05, 4.69) is 0 Å². The molecule has 0 bridgehead atoms. The number of nitrogens with zero attached hydrogens (tertiary/aromatic N) is 1. The van der Waals surface area contributed by atoms with Gasteiger partial charge in [-0.25, -0.2) is 0 Å². The monoisotopic (exact) mass is 313 g/mol. The molecule has 0 spiro atoms. The number of benzene rings is 1. The van der Waals surface area contributed by atoms with Crippen molar-refractivity contribution in [3.63, 3.8) is 0 Å². The summed E-state index contributed by atoms with van der Waals surface area (Å²) >= 11 is 0. The Kier molecular flexibility index (Phi) is 4.66. The number of ketones is 1. The zero-order valence-corrected chi connectivity index (χ0v) is 13.2. The second kappa shape index (κ2) is 6.03. The highest BCUT2D eigenvalue weighted by Crippen LogP contribution is 2.49. The van der Waals surface area contributed by atoms with Crippen LogP contribution in [0.1, 0.15) is 43.7 Å². The number of likely N-dealkylation sites (N-methyl/N-ethyl adjacent to an activating group) is 1. The van der Waals surface area contributed by atoms with Gasteiger partial charge in [0, 0.05) is 11.8 Å². The van der Waals surface area contributed by atoms with E-state index in [0.29, 0.717) is 12.0 Å². The Labute approximate surface area is 129 Å². The second-order valence-electron chi connectivity index (χ2n) is 6.27. The van der Waals surface area contributed by atoms with Crippen LogP contribution in [0.5, 0.6) is 0 Å². The summed E-state index contributed by atoms with van der Waals surface area (Å²) < 4.78 is 39.0. The minimum Gasteiger partial charge on any atom is -0.299 e. The SMILES string of the molecule is CCC(=O)C(N(C)C)C1(c2cccc(C(F)(F)F)c2)CCC1. The van der Waals surface area contributed by atoms with E-state index in [1.54, 1.807) is 13.0 Å². The molecule has 1 aromatic carbocycles. The Morgan fingerprint density at radius 1 is 1.32 bits per heavy atom. The van der Waals surface area contributed by atoms with Gasteiger partial charge in [0.1, 0.15) is 0 Å². The van der Waals surface area contributed by atoms with E-state index in [1.807, 2.05) is 19.0 Å². The van der Waals surface area contributed by atoms with E-state index in [-0.39, 0.29) is 11.8 Å². The number of hydrogen-bond donors (Lipinski definition) is 0. The molecule has 0 aromatic heterocycles. The maximum absolute atomic E-state index is 13.0. The summed E-state index contributed by atoms with van der Waals surface area (Å²) in [5, 5.41) is 0. The van der Waals surface area contributed by atoms with Crippen molar-refractivity contribution in [3.05, 3.63) is 35.4 Å². The lowest BCUT2D eigenvalue weighted by Crippen LogP contribution is -2.56. The molecule has 0 radical (unpaired) electrons. The van der Waals surface area contributed by atoms with Crippen molar-refractivity contribution in [1.29, 1.82) is 0 Å². The molecule has 0 N–H and O–H groups in total. The molecular weight excluding hydrogens is 291 g/mol. The minimum absolute atomic E-state index is 0.0853.